The number of aryl methyl sites for hydroxylation is 1. The lowest BCUT2D eigenvalue weighted by Crippen LogP contribution is -2.23. The molecule has 0 amide bonds. The third-order valence-corrected chi connectivity index (χ3v) is 5.06. The van der Waals surface area contributed by atoms with Gasteiger partial charge in [-0.05, 0) is 42.3 Å². The van der Waals surface area contributed by atoms with Gasteiger partial charge in [0, 0.05) is 11.6 Å². The van der Waals surface area contributed by atoms with Crippen LogP contribution in [0.25, 0.3) is 0 Å². The zero-order chi connectivity index (χ0) is 18.1. The summed E-state index contributed by atoms with van der Waals surface area (Å²) in [5, 5.41) is 0.262. The molecule has 0 aliphatic carbocycles. The minimum atomic E-state index is -4.80. The van der Waals surface area contributed by atoms with Crippen molar-refractivity contribution < 1.29 is 26.0 Å². The summed E-state index contributed by atoms with van der Waals surface area (Å²) in [5.41, 5.74) is -0.651. The zero-order valence-electron chi connectivity index (χ0n) is 12.3. The molecule has 0 heterocycles. The molecule has 1 N–H and O–H groups in total. The topological polar surface area (TPSA) is 46.2 Å². The van der Waals surface area contributed by atoms with Crippen LogP contribution in [0, 0.1) is 12.7 Å². The molecule has 9 heteroatoms. The first-order chi connectivity index (χ1) is 11.0. The Labute approximate surface area is 141 Å². The summed E-state index contributed by atoms with van der Waals surface area (Å²) in [4.78, 5) is -0.0921. The highest BCUT2D eigenvalue weighted by Crippen LogP contribution is 2.31. The summed E-state index contributed by atoms with van der Waals surface area (Å²) in [7, 11) is -3.93. The van der Waals surface area contributed by atoms with Crippen molar-refractivity contribution in [2.45, 2.75) is 24.5 Å². The lowest BCUT2D eigenvalue weighted by Gasteiger charge is -2.11. The van der Waals surface area contributed by atoms with Crippen LogP contribution in [0.4, 0.5) is 17.6 Å². The molecule has 0 aliphatic rings. The smallest absolute Gasteiger partial charge is 0.207 e. The first-order valence-corrected chi connectivity index (χ1v) is 8.48. The van der Waals surface area contributed by atoms with Crippen molar-refractivity contribution in [1.82, 2.24) is 4.72 Å². The van der Waals surface area contributed by atoms with Gasteiger partial charge in [0.2, 0.25) is 10.0 Å². The van der Waals surface area contributed by atoms with Crippen molar-refractivity contribution in [2.75, 3.05) is 0 Å². The Balaban J connectivity index is 2.18. The highest BCUT2D eigenvalue weighted by atomic mass is 35.5. The van der Waals surface area contributed by atoms with E-state index in [1.54, 1.807) is 6.92 Å². The SMILES string of the molecule is Cc1ccc(S(=O)(=O)NCc2ccc(C(F)(F)F)c(F)c2)cc1Cl. The molecule has 0 atom stereocenters. The fourth-order valence-electron chi connectivity index (χ4n) is 1.90. The number of halogens is 5. The Morgan fingerprint density at radius 1 is 1.12 bits per heavy atom. The predicted octanol–water partition coefficient (Wildman–Crippen LogP) is 4.28. The maximum absolute atomic E-state index is 13.5. The molecule has 0 radical (unpaired) electrons. The van der Waals surface area contributed by atoms with Gasteiger partial charge in [0.05, 0.1) is 10.5 Å². The van der Waals surface area contributed by atoms with E-state index >= 15 is 0 Å². The summed E-state index contributed by atoms with van der Waals surface area (Å²) >= 11 is 5.87. The molecule has 2 aromatic rings. The van der Waals surface area contributed by atoms with E-state index in [0.29, 0.717) is 17.7 Å². The van der Waals surface area contributed by atoms with E-state index in [1.807, 2.05) is 0 Å². The maximum Gasteiger partial charge on any atom is 0.419 e. The van der Waals surface area contributed by atoms with Gasteiger partial charge < -0.3 is 0 Å². The zero-order valence-corrected chi connectivity index (χ0v) is 13.9. The second kappa shape index (κ2) is 6.70. The summed E-state index contributed by atoms with van der Waals surface area (Å²) in [6.07, 6.45) is -4.80. The minimum absolute atomic E-state index is 0.0577. The Morgan fingerprint density at radius 2 is 1.79 bits per heavy atom. The summed E-state index contributed by atoms with van der Waals surface area (Å²) in [5.74, 6) is -1.46. The Hall–Kier alpha value is -1.64. The predicted molar refractivity (Wildman–Crippen MR) is 81.6 cm³/mol. The number of nitrogens with one attached hydrogen (secondary N) is 1. The number of hydrogen-bond acceptors (Lipinski definition) is 2. The van der Waals surface area contributed by atoms with Crippen molar-refractivity contribution in [3.63, 3.8) is 0 Å². The second-order valence-electron chi connectivity index (χ2n) is 5.05. The average molecular weight is 382 g/mol. The van der Waals surface area contributed by atoms with Gasteiger partial charge in [0.1, 0.15) is 5.82 Å². The molecule has 24 heavy (non-hydrogen) atoms. The molecule has 0 bridgehead atoms. The van der Waals surface area contributed by atoms with Gasteiger partial charge in [-0.2, -0.15) is 13.2 Å². The van der Waals surface area contributed by atoms with Gasteiger partial charge in [-0.15, -0.1) is 0 Å². The van der Waals surface area contributed by atoms with Crippen LogP contribution >= 0.6 is 11.6 Å². The van der Waals surface area contributed by atoms with E-state index in [1.165, 1.54) is 18.2 Å². The van der Waals surface area contributed by atoms with E-state index in [-0.39, 0.29) is 22.0 Å². The standard InChI is InChI=1S/C15H12ClF4NO2S/c1-9-2-4-11(7-13(9)16)24(22,23)21-8-10-3-5-12(14(17)6-10)15(18,19)20/h2-7,21H,8H2,1H3. The van der Waals surface area contributed by atoms with Crippen molar-refractivity contribution >= 4 is 21.6 Å². The van der Waals surface area contributed by atoms with E-state index in [9.17, 15) is 26.0 Å². The lowest BCUT2D eigenvalue weighted by molar-refractivity contribution is -0.140. The Bertz CT molecular complexity index is 866. The molecule has 2 rings (SSSR count). The van der Waals surface area contributed by atoms with Crippen molar-refractivity contribution in [3.8, 4) is 0 Å². The van der Waals surface area contributed by atoms with Crippen molar-refractivity contribution in [2.24, 2.45) is 0 Å². The largest absolute Gasteiger partial charge is 0.419 e. The van der Waals surface area contributed by atoms with Gasteiger partial charge in [-0.25, -0.2) is 17.5 Å². The summed E-state index contributed by atoms with van der Waals surface area (Å²) < 4.78 is 77.4. The van der Waals surface area contributed by atoms with Gasteiger partial charge in [0.15, 0.2) is 0 Å². The molecule has 0 aliphatic heterocycles. The lowest BCUT2D eigenvalue weighted by atomic mass is 10.1. The first kappa shape index (κ1) is 18.7. The van der Waals surface area contributed by atoms with Gasteiger partial charge >= 0.3 is 6.18 Å². The molecule has 3 nitrogen and oxygen atoms in total. The first-order valence-electron chi connectivity index (χ1n) is 6.62. The average Bonchev–Trinajstić information content (AvgIpc) is 2.46. The van der Waals surface area contributed by atoms with Gasteiger partial charge in [-0.1, -0.05) is 23.7 Å². The summed E-state index contributed by atoms with van der Waals surface area (Å²) in [6, 6.07) is 6.35. The molecule has 0 saturated heterocycles. The highest BCUT2D eigenvalue weighted by Gasteiger charge is 2.33. The minimum Gasteiger partial charge on any atom is -0.207 e. The number of rotatable bonds is 4. The molecular formula is C15H12ClF4NO2S. The Kier molecular flexibility index (Phi) is 5.22. The molecule has 130 valence electrons. The van der Waals surface area contributed by atoms with Crippen LogP contribution in [0.1, 0.15) is 16.7 Å². The van der Waals surface area contributed by atoms with Crippen molar-refractivity contribution in [1.29, 1.82) is 0 Å². The van der Waals surface area contributed by atoms with E-state index in [2.05, 4.69) is 4.72 Å². The summed E-state index contributed by atoms with van der Waals surface area (Å²) in [6.45, 7) is 1.35. The second-order valence-corrected chi connectivity index (χ2v) is 7.22. The van der Waals surface area contributed by atoms with Crippen LogP contribution < -0.4 is 4.72 Å². The van der Waals surface area contributed by atoms with Crippen LogP contribution in [-0.4, -0.2) is 8.42 Å². The van der Waals surface area contributed by atoms with Crippen LogP contribution in [-0.2, 0) is 22.7 Å². The number of alkyl halides is 3. The number of hydrogen-bond donors (Lipinski definition) is 1. The fourth-order valence-corrected chi connectivity index (χ4v) is 3.19. The van der Waals surface area contributed by atoms with E-state index < -0.39 is 27.6 Å². The van der Waals surface area contributed by atoms with E-state index in [4.69, 9.17) is 11.6 Å². The number of benzene rings is 2. The molecule has 2 aromatic carbocycles. The normalized spacial score (nSPS) is 12.4. The molecular weight excluding hydrogens is 370 g/mol. The van der Waals surface area contributed by atoms with Gasteiger partial charge in [0.25, 0.3) is 0 Å². The van der Waals surface area contributed by atoms with Crippen LogP contribution in [0.3, 0.4) is 0 Å². The molecule has 0 unspecified atom stereocenters. The van der Waals surface area contributed by atoms with E-state index in [0.717, 1.165) is 6.07 Å². The Morgan fingerprint density at radius 3 is 2.33 bits per heavy atom. The fraction of sp³-hybridized carbons (Fsp3) is 0.200. The van der Waals surface area contributed by atoms with Gasteiger partial charge in [-0.3, -0.25) is 0 Å². The molecule has 0 spiro atoms. The maximum atomic E-state index is 13.5. The quantitative estimate of drug-likeness (QED) is 0.803. The molecule has 0 fully saturated rings. The monoisotopic (exact) mass is 381 g/mol. The van der Waals surface area contributed by atoms with Crippen LogP contribution in [0.15, 0.2) is 41.3 Å². The highest BCUT2D eigenvalue weighted by molar-refractivity contribution is 7.89. The molecule has 0 aromatic heterocycles. The number of sulfonamides is 1. The van der Waals surface area contributed by atoms with Crippen molar-refractivity contribution in [3.05, 3.63) is 63.9 Å². The molecule has 0 saturated carbocycles. The third kappa shape index (κ3) is 4.25. The van der Waals surface area contributed by atoms with Crippen LogP contribution in [0.2, 0.25) is 5.02 Å². The van der Waals surface area contributed by atoms with Crippen LogP contribution in [0.5, 0.6) is 0 Å². The third-order valence-electron chi connectivity index (χ3n) is 3.26.